The van der Waals surface area contributed by atoms with Crippen LogP contribution in [0.4, 0.5) is 0 Å². The van der Waals surface area contributed by atoms with Crippen LogP contribution in [0.25, 0.3) is 0 Å². The molecule has 0 saturated heterocycles. The average molecular weight is 491 g/mol. The van der Waals surface area contributed by atoms with Crippen LogP contribution >= 0.6 is 27.7 Å². The highest BCUT2D eigenvalue weighted by molar-refractivity contribution is 9.10. The summed E-state index contributed by atoms with van der Waals surface area (Å²) in [7, 11) is 0. The monoisotopic (exact) mass is 490 g/mol. The van der Waals surface area contributed by atoms with Gasteiger partial charge in [0, 0.05) is 34.1 Å². The first-order valence-corrected chi connectivity index (χ1v) is 12.1. The number of carbonyl (C=O) groups is 2. The number of aryl methyl sites for hydroxylation is 1. The molecule has 4 nitrogen and oxygen atoms in total. The SMILES string of the molecule is CC[C@H](C)NC(=O)[C@@H](C)N(Cc1ccc(Br)cc1)C(=O)CCSc1ccc(C)cc1. The van der Waals surface area contributed by atoms with Crippen molar-refractivity contribution in [3.8, 4) is 0 Å². The molecule has 2 atom stereocenters. The van der Waals surface area contributed by atoms with E-state index >= 15 is 0 Å². The lowest BCUT2D eigenvalue weighted by Crippen LogP contribution is -2.49. The zero-order valence-electron chi connectivity index (χ0n) is 18.2. The Balaban J connectivity index is 2.06. The molecule has 0 fully saturated rings. The maximum Gasteiger partial charge on any atom is 0.242 e. The molecule has 0 aliphatic carbocycles. The van der Waals surface area contributed by atoms with E-state index in [9.17, 15) is 9.59 Å². The van der Waals surface area contributed by atoms with Crippen LogP contribution in [0, 0.1) is 6.92 Å². The lowest BCUT2D eigenvalue weighted by molar-refractivity contribution is -0.140. The molecule has 0 spiro atoms. The average Bonchev–Trinajstić information content (AvgIpc) is 2.74. The molecule has 2 amide bonds. The minimum atomic E-state index is -0.528. The molecule has 2 rings (SSSR count). The maximum atomic E-state index is 13.1. The number of amides is 2. The van der Waals surface area contributed by atoms with Crippen LogP contribution in [0.2, 0.25) is 0 Å². The van der Waals surface area contributed by atoms with Crippen LogP contribution in [-0.2, 0) is 16.1 Å². The smallest absolute Gasteiger partial charge is 0.242 e. The summed E-state index contributed by atoms with van der Waals surface area (Å²) < 4.78 is 0.987. The van der Waals surface area contributed by atoms with Crippen LogP contribution in [-0.4, -0.2) is 34.6 Å². The molecule has 0 aromatic heterocycles. The van der Waals surface area contributed by atoms with Crippen molar-refractivity contribution in [1.82, 2.24) is 10.2 Å². The Kier molecular flexibility index (Phi) is 9.92. The van der Waals surface area contributed by atoms with Crippen molar-refractivity contribution in [2.45, 2.75) is 64.1 Å². The van der Waals surface area contributed by atoms with Crippen LogP contribution in [0.15, 0.2) is 57.9 Å². The minimum absolute atomic E-state index is 0.00988. The second-order valence-electron chi connectivity index (χ2n) is 7.55. The normalized spacial score (nSPS) is 12.8. The van der Waals surface area contributed by atoms with E-state index in [2.05, 4.69) is 52.4 Å². The van der Waals surface area contributed by atoms with E-state index in [0.29, 0.717) is 18.7 Å². The predicted molar refractivity (Wildman–Crippen MR) is 129 cm³/mol. The number of halogens is 1. The van der Waals surface area contributed by atoms with Crippen LogP contribution in [0.3, 0.4) is 0 Å². The van der Waals surface area contributed by atoms with Gasteiger partial charge in [0.2, 0.25) is 11.8 Å². The third-order valence-corrected chi connectivity index (χ3v) is 6.58. The van der Waals surface area contributed by atoms with E-state index in [-0.39, 0.29) is 17.9 Å². The Morgan fingerprint density at radius 3 is 2.30 bits per heavy atom. The van der Waals surface area contributed by atoms with Crippen molar-refractivity contribution in [2.24, 2.45) is 0 Å². The third-order valence-electron chi connectivity index (χ3n) is 5.04. The number of hydrogen-bond donors (Lipinski definition) is 1. The van der Waals surface area contributed by atoms with Crippen molar-refractivity contribution in [2.75, 3.05) is 5.75 Å². The van der Waals surface area contributed by atoms with Gasteiger partial charge in [0.15, 0.2) is 0 Å². The third kappa shape index (κ3) is 7.80. The summed E-state index contributed by atoms with van der Waals surface area (Å²) in [6, 6.07) is 15.7. The van der Waals surface area contributed by atoms with E-state index in [1.54, 1.807) is 16.7 Å². The Morgan fingerprint density at radius 2 is 1.70 bits per heavy atom. The lowest BCUT2D eigenvalue weighted by Gasteiger charge is -2.29. The Bertz CT molecular complexity index is 824. The van der Waals surface area contributed by atoms with Crippen LogP contribution in [0.1, 0.15) is 44.7 Å². The standard InChI is InChI=1S/C24H31BrN2O2S/c1-5-18(3)26-24(29)19(4)27(16-20-8-10-21(25)11-9-20)23(28)14-15-30-22-12-6-17(2)7-13-22/h6-13,18-19H,5,14-16H2,1-4H3,(H,26,29)/t18-,19+/m0/s1. The van der Waals surface area contributed by atoms with Crippen molar-refractivity contribution in [1.29, 1.82) is 0 Å². The summed E-state index contributed by atoms with van der Waals surface area (Å²) in [4.78, 5) is 28.6. The van der Waals surface area contributed by atoms with Gasteiger partial charge in [0.05, 0.1) is 0 Å². The summed E-state index contributed by atoms with van der Waals surface area (Å²) in [6.45, 7) is 8.29. The molecule has 0 aliphatic heterocycles. The second kappa shape index (κ2) is 12.2. The topological polar surface area (TPSA) is 49.4 Å². The highest BCUT2D eigenvalue weighted by Gasteiger charge is 2.26. The zero-order valence-corrected chi connectivity index (χ0v) is 20.6. The van der Waals surface area contributed by atoms with Crippen LogP contribution < -0.4 is 5.32 Å². The molecular formula is C24H31BrN2O2S. The molecule has 162 valence electrons. The first-order valence-electron chi connectivity index (χ1n) is 10.3. The van der Waals surface area contributed by atoms with E-state index < -0.39 is 6.04 Å². The molecule has 2 aromatic rings. The van der Waals surface area contributed by atoms with Gasteiger partial charge in [-0.15, -0.1) is 11.8 Å². The van der Waals surface area contributed by atoms with Gasteiger partial charge < -0.3 is 10.2 Å². The molecule has 2 aromatic carbocycles. The van der Waals surface area contributed by atoms with Gasteiger partial charge in [-0.1, -0.05) is 52.7 Å². The van der Waals surface area contributed by atoms with Gasteiger partial charge in [0.25, 0.3) is 0 Å². The molecule has 0 unspecified atom stereocenters. The fraction of sp³-hybridized carbons (Fsp3) is 0.417. The molecule has 0 radical (unpaired) electrons. The van der Waals surface area contributed by atoms with Crippen LogP contribution in [0.5, 0.6) is 0 Å². The summed E-state index contributed by atoms with van der Waals surface area (Å²) in [6.07, 6.45) is 1.24. The molecule has 6 heteroatoms. The number of hydrogen-bond acceptors (Lipinski definition) is 3. The summed E-state index contributed by atoms with van der Waals surface area (Å²) in [5.74, 6) is 0.559. The predicted octanol–water partition coefficient (Wildman–Crippen LogP) is 5.57. The number of thioether (sulfide) groups is 1. The van der Waals surface area contributed by atoms with E-state index in [4.69, 9.17) is 0 Å². The first-order chi connectivity index (χ1) is 14.3. The number of carbonyl (C=O) groups excluding carboxylic acids is 2. The van der Waals surface area contributed by atoms with Gasteiger partial charge in [-0.25, -0.2) is 0 Å². The molecule has 0 aliphatic rings. The highest BCUT2D eigenvalue weighted by atomic mass is 79.9. The number of rotatable bonds is 10. The summed E-state index contributed by atoms with van der Waals surface area (Å²) in [5, 5.41) is 3.00. The zero-order chi connectivity index (χ0) is 22.1. The quantitative estimate of drug-likeness (QED) is 0.442. The van der Waals surface area contributed by atoms with E-state index in [1.807, 2.05) is 45.0 Å². The van der Waals surface area contributed by atoms with Crippen molar-refractivity contribution in [3.63, 3.8) is 0 Å². The van der Waals surface area contributed by atoms with E-state index in [0.717, 1.165) is 21.4 Å². The molecule has 0 heterocycles. The van der Waals surface area contributed by atoms with Crippen molar-refractivity contribution < 1.29 is 9.59 Å². The maximum absolute atomic E-state index is 13.1. The molecule has 0 saturated carbocycles. The lowest BCUT2D eigenvalue weighted by atomic mass is 10.1. The van der Waals surface area contributed by atoms with Gasteiger partial charge in [0.1, 0.15) is 6.04 Å². The largest absolute Gasteiger partial charge is 0.352 e. The molecule has 30 heavy (non-hydrogen) atoms. The highest BCUT2D eigenvalue weighted by Crippen LogP contribution is 2.21. The Hall–Kier alpha value is -1.79. The number of benzene rings is 2. The van der Waals surface area contributed by atoms with Crippen molar-refractivity contribution >= 4 is 39.5 Å². The van der Waals surface area contributed by atoms with Gasteiger partial charge in [-0.3, -0.25) is 9.59 Å². The van der Waals surface area contributed by atoms with Gasteiger partial charge in [-0.05, 0) is 57.0 Å². The fourth-order valence-electron chi connectivity index (χ4n) is 2.87. The number of nitrogens with one attached hydrogen (secondary N) is 1. The minimum Gasteiger partial charge on any atom is -0.352 e. The first kappa shape index (κ1) is 24.5. The fourth-order valence-corrected chi connectivity index (χ4v) is 3.97. The molecule has 0 bridgehead atoms. The summed E-state index contributed by atoms with van der Waals surface area (Å²) >= 11 is 5.10. The molecular weight excluding hydrogens is 460 g/mol. The van der Waals surface area contributed by atoms with Crippen molar-refractivity contribution in [3.05, 3.63) is 64.1 Å². The number of nitrogens with zero attached hydrogens (tertiary/aromatic N) is 1. The Labute approximate surface area is 192 Å². The van der Waals surface area contributed by atoms with Gasteiger partial charge >= 0.3 is 0 Å². The van der Waals surface area contributed by atoms with Gasteiger partial charge in [-0.2, -0.15) is 0 Å². The second-order valence-corrected chi connectivity index (χ2v) is 9.64. The summed E-state index contributed by atoms with van der Waals surface area (Å²) in [5.41, 5.74) is 2.22. The Morgan fingerprint density at radius 1 is 1.07 bits per heavy atom. The molecule has 1 N–H and O–H groups in total. The van der Waals surface area contributed by atoms with E-state index in [1.165, 1.54) is 5.56 Å².